The third-order valence-corrected chi connectivity index (χ3v) is 3.32. The Morgan fingerprint density at radius 2 is 1.85 bits per heavy atom. The lowest BCUT2D eigenvalue weighted by molar-refractivity contribution is -0.266. The smallest absolute Gasteiger partial charge is 0.303 e. The molecule has 1 saturated heterocycles. The minimum absolute atomic E-state index is 0.0833. The molecular weight excluding hydrogens is 348 g/mol. The highest BCUT2D eigenvalue weighted by molar-refractivity contribution is 5.73. The number of carbonyl (C=O) groups is 3. The number of esters is 2. The van der Waals surface area contributed by atoms with Crippen LogP contribution in [0.3, 0.4) is 0 Å². The summed E-state index contributed by atoms with van der Waals surface area (Å²) in [6, 6.07) is -0.956. The van der Waals surface area contributed by atoms with Crippen molar-refractivity contribution in [2.24, 2.45) is 5.11 Å². The van der Waals surface area contributed by atoms with Crippen LogP contribution in [-0.4, -0.2) is 61.6 Å². The van der Waals surface area contributed by atoms with E-state index in [1.165, 1.54) is 26.8 Å². The summed E-state index contributed by atoms with van der Waals surface area (Å²) in [6.45, 7) is 7.02. The van der Waals surface area contributed by atoms with Crippen LogP contribution in [0.5, 0.6) is 0 Å². The van der Waals surface area contributed by atoms with Crippen molar-refractivity contribution in [2.75, 3.05) is 13.2 Å². The van der Waals surface area contributed by atoms with Crippen LogP contribution in [-0.2, 0) is 33.3 Å². The monoisotopic (exact) mass is 370 g/mol. The van der Waals surface area contributed by atoms with Crippen LogP contribution in [0.2, 0.25) is 0 Å². The third kappa shape index (κ3) is 6.36. The molecule has 11 nitrogen and oxygen atoms in total. The number of azide groups is 1. The number of nitrogens with zero attached hydrogens (tertiary/aromatic N) is 3. The van der Waals surface area contributed by atoms with Gasteiger partial charge < -0.3 is 24.3 Å². The highest BCUT2D eigenvalue weighted by Crippen LogP contribution is 2.27. The molecule has 0 spiro atoms. The Hall–Kier alpha value is -2.62. The first-order chi connectivity index (χ1) is 12.3. The van der Waals surface area contributed by atoms with E-state index in [-0.39, 0.29) is 13.2 Å². The Kier molecular flexibility index (Phi) is 8.56. The van der Waals surface area contributed by atoms with Gasteiger partial charge in [-0.3, -0.25) is 14.4 Å². The van der Waals surface area contributed by atoms with Gasteiger partial charge in [-0.05, 0) is 5.53 Å². The van der Waals surface area contributed by atoms with Crippen molar-refractivity contribution in [3.63, 3.8) is 0 Å². The first-order valence-corrected chi connectivity index (χ1v) is 7.80. The lowest BCUT2D eigenvalue weighted by Crippen LogP contribution is -2.66. The van der Waals surface area contributed by atoms with Gasteiger partial charge in [0, 0.05) is 25.7 Å². The van der Waals surface area contributed by atoms with E-state index < -0.39 is 48.5 Å². The molecular formula is C15H22N4O7. The molecule has 0 aromatic rings. The van der Waals surface area contributed by atoms with Crippen molar-refractivity contribution in [3.05, 3.63) is 23.1 Å². The Morgan fingerprint density at radius 3 is 2.35 bits per heavy atom. The summed E-state index contributed by atoms with van der Waals surface area (Å²) in [5.41, 5.74) is 8.56. The van der Waals surface area contributed by atoms with Gasteiger partial charge in [0.1, 0.15) is 12.1 Å². The normalized spacial score (nSPS) is 27.6. The zero-order chi connectivity index (χ0) is 19.7. The maximum Gasteiger partial charge on any atom is 0.303 e. The van der Waals surface area contributed by atoms with Crippen molar-refractivity contribution in [3.8, 4) is 0 Å². The van der Waals surface area contributed by atoms with Gasteiger partial charge in [0.05, 0.1) is 13.2 Å². The van der Waals surface area contributed by atoms with Crippen LogP contribution in [0.15, 0.2) is 17.8 Å². The van der Waals surface area contributed by atoms with Crippen molar-refractivity contribution in [2.45, 2.75) is 51.4 Å². The van der Waals surface area contributed by atoms with Crippen LogP contribution < -0.4 is 5.32 Å². The standard InChI is InChI=1S/C15H22N4O7/c1-5-6-23-15-12(18-8(2)20)14(25-10(4)22)13(24-9(3)21)11(26-15)7-17-19-16/h5,11-15H,1,6-7H2,2-4H3,(H,18,20)/t11-,12+,13-,14-,15+/m1/s1. The average molecular weight is 370 g/mol. The molecule has 0 aliphatic carbocycles. The fraction of sp³-hybridized carbons (Fsp3) is 0.667. The van der Waals surface area contributed by atoms with Gasteiger partial charge in [-0.1, -0.05) is 11.2 Å². The molecule has 1 aliphatic heterocycles. The number of amides is 1. The minimum Gasteiger partial charge on any atom is -0.456 e. The molecule has 5 atom stereocenters. The predicted octanol–water partition coefficient (Wildman–Crippen LogP) is 0.592. The molecule has 26 heavy (non-hydrogen) atoms. The summed E-state index contributed by atoms with van der Waals surface area (Å²) in [4.78, 5) is 37.3. The molecule has 1 N–H and O–H groups in total. The Balaban J connectivity index is 3.27. The zero-order valence-corrected chi connectivity index (χ0v) is 14.8. The second-order valence-corrected chi connectivity index (χ2v) is 5.45. The third-order valence-electron chi connectivity index (χ3n) is 3.32. The fourth-order valence-electron chi connectivity index (χ4n) is 2.53. The van der Waals surface area contributed by atoms with Gasteiger partial charge in [0.2, 0.25) is 5.91 Å². The molecule has 1 amide bonds. The highest BCUT2D eigenvalue weighted by atomic mass is 16.7. The molecule has 11 heteroatoms. The van der Waals surface area contributed by atoms with Crippen molar-refractivity contribution in [1.82, 2.24) is 5.32 Å². The maximum atomic E-state index is 11.6. The van der Waals surface area contributed by atoms with Gasteiger partial charge in [-0.15, -0.1) is 6.58 Å². The molecule has 1 fully saturated rings. The van der Waals surface area contributed by atoms with Crippen molar-refractivity contribution in [1.29, 1.82) is 0 Å². The average Bonchev–Trinajstić information content (AvgIpc) is 2.54. The predicted molar refractivity (Wildman–Crippen MR) is 87.5 cm³/mol. The number of carbonyl (C=O) groups excluding carboxylic acids is 3. The van der Waals surface area contributed by atoms with Gasteiger partial charge in [-0.25, -0.2) is 0 Å². The Morgan fingerprint density at radius 1 is 1.23 bits per heavy atom. The number of hydrogen-bond donors (Lipinski definition) is 1. The molecule has 1 aliphatic rings. The topological polar surface area (TPSA) is 149 Å². The number of rotatable bonds is 8. The van der Waals surface area contributed by atoms with Crippen molar-refractivity contribution < 1.29 is 33.3 Å². The summed E-state index contributed by atoms with van der Waals surface area (Å²) in [7, 11) is 0. The van der Waals surface area contributed by atoms with E-state index in [1.54, 1.807) is 0 Å². The van der Waals surface area contributed by atoms with E-state index in [2.05, 4.69) is 21.9 Å². The first-order valence-electron chi connectivity index (χ1n) is 7.80. The maximum absolute atomic E-state index is 11.6. The van der Waals surface area contributed by atoms with Crippen LogP contribution in [0.25, 0.3) is 10.4 Å². The molecule has 1 heterocycles. The number of nitrogens with one attached hydrogen (secondary N) is 1. The van der Waals surface area contributed by atoms with E-state index in [4.69, 9.17) is 24.5 Å². The fourth-order valence-corrected chi connectivity index (χ4v) is 2.53. The molecule has 0 radical (unpaired) electrons. The molecule has 0 aromatic carbocycles. The first kappa shape index (κ1) is 21.4. The van der Waals surface area contributed by atoms with E-state index >= 15 is 0 Å². The number of ether oxygens (including phenoxy) is 4. The quantitative estimate of drug-likeness (QED) is 0.216. The summed E-state index contributed by atoms with van der Waals surface area (Å²) in [6.07, 6.45) is -2.74. The van der Waals surface area contributed by atoms with E-state index in [1.807, 2.05) is 0 Å². The summed E-state index contributed by atoms with van der Waals surface area (Å²) >= 11 is 0. The largest absolute Gasteiger partial charge is 0.456 e. The van der Waals surface area contributed by atoms with Crippen molar-refractivity contribution >= 4 is 17.8 Å². The minimum atomic E-state index is -1.11. The summed E-state index contributed by atoms with van der Waals surface area (Å²) < 4.78 is 21.7. The lowest BCUT2D eigenvalue weighted by Gasteiger charge is -2.44. The van der Waals surface area contributed by atoms with E-state index in [0.29, 0.717) is 0 Å². The van der Waals surface area contributed by atoms with Gasteiger partial charge in [-0.2, -0.15) is 0 Å². The van der Waals surface area contributed by atoms with Gasteiger partial charge in [0.15, 0.2) is 18.5 Å². The molecule has 0 saturated carbocycles. The Bertz CT molecular complexity index is 591. The lowest BCUT2D eigenvalue weighted by atomic mass is 9.95. The molecule has 0 unspecified atom stereocenters. The molecule has 144 valence electrons. The van der Waals surface area contributed by atoms with Gasteiger partial charge >= 0.3 is 11.9 Å². The summed E-state index contributed by atoms with van der Waals surface area (Å²) in [5, 5.41) is 6.01. The molecule has 1 rings (SSSR count). The molecule has 0 bridgehead atoms. The molecule has 0 aromatic heterocycles. The summed E-state index contributed by atoms with van der Waals surface area (Å²) in [5.74, 6) is -1.75. The van der Waals surface area contributed by atoms with Crippen LogP contribution >= 0.6 is 0 Å². The zero-order valence-electron chi connectivity index (χ0n) is 14.8. The Labute approximate surface area is 150 Å². The van der Waals surface area contributed by atoms with Crippen LogP contribution in [0, 0.1) is 0 Å². The van der Waals surface area contributed by atoms with Crippen LogP contribution in [0.4, 0.5) is 0 Å². The number of hydrogen-bond acceptors (Lipinski definition) is 8. The van der Waals surface area contributed by atoms with Crippen LogP contribution in [0.1, 0.15) is 20.8 Å². The van der Waals surface area contributed by atoms with E-state index in [0.717, 1.165) is 0 Å². The van der Waals surface area contributed by atoms with E-state index in [9.17, 15) is 14.4 Å². The second kappa shape index (κ2) is 10.4. The highest BCUT2D eigenvalue weighted by Gasteiger charge is 2.50. The van der Waals surface area contributed by atoms with Gasteiger partial charge in [0.25, 0.3) is 0 Å². The SMILES string of the molecule is C=CCO[C@H]1O[C@H](CN=[N+]=[N-])[C@@H](OC(C)=O)[C@H](OC(C)=O)[C@@H]1NC(C)=O. The second-order valence-electron chi connectivity index (χ2n) is 5.45.